The van der Waals surface area contributed by atoms with Crippen molar-refractivity contribution >= 4 is 32.7 Å². The summed E-state index contributed by atoms with van der Waals surface area (Å²) in [6, 6.07) is 13.9. The number of anilines is 1. The number of hydrogen-bond donors (Lipinski definition) is 1. The quantitative estimate of drug-likeness (QED) is 0.575. The van der Waals surface area contributed by atoms with E-state index in [1.54, 1.807) is 18.5 Å². The van der Waals surface area contributed by atoms with Crippen LogP contribution in [-0.4, -0.2) is 72.2 Å². The molecule has 1 aromatic heterocycles. The van der Waals surface area contributed by atoms with Gasteiger partial charge in [0.15, 0.2) is 0 Å². The van der Waals surface area contributed by atoms with Crippen LogP contribution in [0.15, 0.2) is 48.8 Å². The highest BCUT2D eigenvalue weighted by Crippen LogP contribution is 2.26. The molecule has 0 radical (unpaired) electrons. The Hall–Kier alpha value is -2.91. The van der Waals surface area contributed by atoms with Gasteiger partial charge in [0.1, 0.15) is 0 Å². The lowest BCUT2D eigenvalue weighted by molar-refractivity contribution is 0.0597. The smallest absolute Gasteiger partial charge is 0.256 e. The second-order valence-corrected chi connectivity index (χ2v) is 10.6. The predicted molar refractivity (Wildman–Crippen MR) is 131 cm³/mol. The van der Waals surface area contributed by atoms with Gasteiger partial charge in [-0.3, -0.25) is 14.4 Å². The molecule has 33 heavy (non-hydrogen) atoms. The van der Waals surface area contributed by atoms with Crippen LogP contribution in [-0.2, 0) is 23.0 Å². The van der Waals surface area contributed by atoms with Crippen LogP contribution in [0, 0.1) is 0 Å². The molecule has 0 aliphatic carbocycles. The Labute approximate surface area is 195 Å². The molecule has 1 aliphatic rings. The maximum absolute atomic E-state index is 13.6. The number of aryl methyl sites for hydroxylation is 2. The minimum Gasteiger partial charge on any atom is -0.336 e. The van der Waals surface area contributed by atoms with E-state index in [2.05, 4.69) is 40.6 Å². The lowest BCUT2D eigenvalue weighted by Gasteiger charge is -2.37. The van der Waals surface area contributed by atoms with Crippen LogP contribution >= 0.6 is 0 Å². The lowest BCUT2D eigenvalue weighted by atomic mass is 10.1. The number of imidazole rings is 1. The maximum atomic E-state index is 13.6. The van der Waals surface area contributed by atoms with Gasteiger partial charge in [0, 0.05) is 38.8 Å². The molecule has 0 spiro atoms. The molecule has 0 bridgehead atoms. The number of carbonyl (C=O) groups excluding carboxylic acids is 1. The Morgan fingerprint density at radius 3 is 2.42 bits per heavy atom. The summed E-state index contributed by atoms with van der Waals surface area (Å²) >= 11 is 0. The van der Waals surface area contributed by atoms with Gasteiger partial charge in [-0.1, -0.05) is 30.3 Å². The molecule has 4 rings (SSSR count). The number of rotatable bonds is 7. The third kappa shape index (κ3) is 5.54. The first-order valence-corrected chi connectivity index (χ1v) is 13.1. The minimum absolute atomic E-state index is 0.0954. The molecular formula is C24H31N5O3S. The van der Waals surface area contributed by atoms with Crippen molar-refractivity contribution in [2.75, 3.05) is 37.2 Å². The fourth-order valence-corrected chi connectivity index (χ4v) is 4.87. The van der Waals surface area contributed by atoms with Crippen LogP contribution in [0.1, 0.15) is 29.8 Å². The highest BCUT2D eigenvalue weighted by molar-refractivity contribution is 7.92. The van der Waals surface area contributed by atoms with E-state index in [1.807, 2.05) is 27.7 Å². The highest BCUT2D eigenvalue weighted by atomic mass is 32.2. The zero-order chi connectivity index (χ0) is 23.6. The van der Waals surface area contributed by atoms with E-state index in [9.17, 15) is 13.2 Å². The van der Waals surface area contributed by atoms with Crippen molar-refractivity contribution in [1.29, 1.82) is 0 Å². The Morgan fingerprint density at radius 1 is 1.09 bits per heavy atom. The molecule has 0 saturated carbocycles. The van der Waals surface area contributed by atoms with Gasteiger partial charge in [0.2, 0.25) is 10.0 Å². The normalized spacial score (nSPS) is 15.3. The van der Waals surface area contributed by atoms with E-state index in [-0.39, 0.29) is 5.91 Å². The lowest BCUT2D eigenvalue weighted by Crippen LogP contribution is -2.50. The van der Waals surface area contributed by atoms with Crippen molar-refractivity contribution in [2.45, 2.75) is 32.9 Å². The van der Waals surface area contributed by atoms with Crippen molar-refractivity contribution in [3.05, 3.63) is 59.9 Å². The molecule has 2 heterocycles. The molecule has 0 atom stereocenters. The Kier molecular flexibility index (Phi) is 6.71. The number of piperazine rings is 1. The SMILES string of the molecule is CC(C)N1CCN(C(=O)c2cc(NS(C)(=O)=O)cc3ncn(CCc4ccccc4)c23)CC1. The predicted octanol–water partition coefficient (Wildman–Crippen LogP) is 2.82. The average Bonchev–Trinajstić information content (AvgIpc) is 3.19. The first kappa shape index (κ1) is 23.3. The number of amides is 1. The minimum atomic E-state index is -3.49. The Morgan fingerprint density at radius 2 is 1.79 bits per heavy atom. The van der Waals surface area contributed by atoms with Crippen molar-refractivity contribution in [1.82, 2.24) is 19.4 Å². The van der Waals surface area contributed by atoms with E-state index in [0.717, 1.165) is 31.3 Å². The molecule has 9 heteroatoms. The number of nitrogens with zero attached hydrogens (tertiary/aromatic N) is 4. The van der Waals surface area contributed by atoms with Gasteiger partial charge in [-0.15, -0.1) is 0 Å². The molecule has 1 saturated heterocycles. The molecular weight excluding hydrogens is 438 g/mol. The van der Waals surface area contributed by atoms with Crippen molar-refractivity contribution in [2.24, 2.45) is 0 Å². The number of aromatic nitrogens is 2. The first-order valence-electron chi connectivity index (χ1n) is 11.3. The van der Waals surface area contributed by atoms with Crippen molar-refractivity contribution < 1.29 is 13.2 Å². The monoisotopic (exact) mass is 469 g/mol. The van der Waals surface area contributed by atoms with E-state index in [0.29, 0.717) is 42.4 Å². The molecule has 0 unspecified atom stereocenters. The number of carbonyl (C=O) groups is 1. The zero-order valence-corrected chi connectivity index (χ0v) is 20.2. The zero-order valence-electron chi connectivity index (χ0n) is 19.4. The summed E-state index contributed by atoms with van der Waals surface area (Å²) in [7, 11) is -3.49. The summed E-state index contributed by atoms with van der Waals surface area (Å²) < 4.78 is 28.2. The molecule has 8 nitrogen and oxygen atoms in total. The number of nitrogens with one attached hydrogen (secondary N) is 1. The van der Waals surface area contributed by atoms with Gasteiger partial charge in [-0.25, -0.2) is 13.4 Å². The van der Waals surface area contributed by atoms with Crippen LogP contribution in [0.25, 0.3) is 11.0 Å². The summed E-state index contributed by atoms with van der Waals surface area (Å²) in [6.07, 6.45) is 3.63. The third-order valence-corrected chi connectivity index (χ3v) is 6.67. The number of benzene rings is 2. The summed E-state index contributed by atoms with van der Waals surface area (Å²) in [5.41, 5.74) is 3.36. The summed E-state index contributed by atoms with van der Waals surface area (Å²) in [4.78, 5) is 22.3. The Balaban J connectivity index is 1.68. The van der Waals surface area contributed by atoms with Crippen LogP contribution in [0.3, 0.4) is 0 Å². The van der Waals surface area contributed by atoms with E-state index in [1.165, 1.54) is 5.56 Å². The largest absolute Gasteiger partial charge is 0.336 e. The second kappa shape index (κ2) is 9.52. The van der Waals surface area contributed by atoms with E-state index in [4.69, 9.17) is 0 Å². The summed E-state index contributed by atoms with van der Waals surface area (Å²) in [5.74, 6) is -0.0954. The first-order chi connectivity index (χ1) is 15.7. The Bertz CT molecular complexity index is 1230. The van der Waals surface area contributed by atoms with Gasteiger partial charge >= 0.3 is 0 Å². The van der Waals surface area contributed by atoms with Crippen LogP contribution < -0.4 is 4.72 Å². The molecule has 3 aromatic rings. The summed E-state index contributed by atoms with van der Waals surface area (Å²) in [6.45, 7) is 7.91. The molecule has 1 fully saturated rings. The van der Waals surface area contributed by atoms with E-state index < -0.39 is 10.0 Å². The second-order valence-electron chi connectivity index (χ2n) is 8.86. The molecule has 176 valence electrons. The molecule has 2 aromatic carbocycles. The average molecular weight is 470 g/mol. The topological polar surface area (TPSA) is 87.5 Å². The molecule has 1 N–H and O–H groups in total. The standard InChI is InChI=1S/C24H31N5O3S/c1-18(2)27-11-13-28(14-12-27)24(30)21-15-20(26-33(3,31)32)16-22-23(21)29(17-25-22)10-9-19-7-5-4-6-8-19/h4-8,15-18,26H,9-14H2,1-3H3. The van der Waals surface area contributed by atoms with Crippen molar-refractivity contribution in [3.63, 3.8) is 0 Å². The number of fused-ring (bicyclic) bond motifs is 1. The van der Waals surface area contributed by atoms with Crippen LogP contribution in [0.4, 0.5) is 5.69 Å². The molecule has 1 aliphatic heterocycles. The fourth-order valence-electron chi connectivity index (χ4n) is 4.32. The van der Waals surface area contributed by atoms with Gasteiger partial charge in [-0.2, -0.15) is 0 Å². The van der Waals surface area contributed by atoms with Crippen LogP contribution in [0.2, 0.25) is 0 Å². The highest BCUT2D eigenvalue weighted by Gasteiger charge is 2.26. The molecule has 1 amide bonds. The van der Waals surface area contributed by atoms with E-state index >= 15 is 0 Å². The van der Waals surface area contributed by atoms with Gasteiger partial charge in [-0.05, 0) is 38.0 Å². The van der Waals surface area contributed by atoms with Crippen molar-refractivity contribution in [3.8, 4) is 0 Å². The number of sulfonamides is 1. The van der Waals surface area contributed by atoms with Gasteiger partial charge in [0.25, 0.3) is 5.91 Å². The fraction of sp³-hybridized carbons (Fsp3) is 0.417. The summed E-state index contributed by atoms with van der Waals surface area (Å²) in [5, 5.41) is 0. The van der Waals surface area contributed by atoms with Gasteiger partial charge in [0.05, 0.1) is 34.9 Å². The van der Waals surface area contributed by atoms with Gasteiger partial charge < -0.3 is 9.47 Å². The number of hydrogen-bond acceptors (Lipinski definition) is 5. The van der Waals surface area contributed by atoms with Crippen LogP contribution in [0.5, 0.6) is 0 Å². The maximum Gasteiger partial charge on any atom is 0.256 e. The third-order valence-electron chi connectivity index (χ3n) is 6.06.